The van der Waals surface area contributed by atoms with Crippen LogP contribution in [-0.2, 0) is 14.3 Å². The molecule has 3 aromatic heterocycles. The summed E-state index contributed by atoms with van der Waals surface area (Å²) in [7, 11) is 0. The molecule has 7 heterocycles. The number of hydrogen-bond donors (Lipinski definition) is 4. The second-order valence-corrected chi connectivity index (χ2v) is 22.3. The summed E-state index contributed by atoms with van der Waals surface area (Å²) in [5.41, 5.74) is 10.9. The van der Waals surface area contributed by atoms with Gasteiger partial charge in [-0.05, 0) is 104 Å². The number of nitrogens with zero attached hydrogens (tertiary/aromatic N) is 9. The molecule has 2 unspecified atom stereocenters. The third-order valence-corrected chi connectivity index (χ3v) is 16.6. The fraction of sp³-hybridized carbons (Fsp3) is 0.526. The minimum Gasteiger partial charge on any atom is -0.507 e. The lowest BCUT2D eigenvalue weighted by molar-refractivity contribution is -0.141. The van der Waals surface area contributed by atoms with E-state index >= 15 is 0 Å². The number of carbonyl (C=O) groups excluding carboxylic acids is 2. The molecule has 2 amide bonds. The summed E-state index contributed by atoms with van der Waals surface area (Å²) in [6, 6.07) is 23.4. The number of rotatable bonds is 17. The lowest BCUT2D eigenvalue weighted by Crippen LogP contribution is -2.54. The first-order valence-electron chi connectivity index (χ1n) is 27.2. The maximum atomic E-state index is 14.2. The SMILES string of the molecule is CC(C)[C@@H](C(=O)N1C[C@H](O)C[C@H]1C(=O)N[C@@H](C)c1ccc(C#N)cc1)c1cc(OC2CC(CN3CCC(OC4CC(Oc5cc(N6C7CCC6CN(c6cc(-c8ccccc8O)nnc6N)C7)ccn5)C4)CC3)C2)no1. The second-order valence-electron chi connectivity index (χ2n) is 22.3. The number of nitrogens with one attached hydrogen (secondary N) is 1. The van der Waals surface area contributed by atoms with E-state index in [-0.39, 0.29) is 66.9 Å². The molecule has 6 atom stereocenters. The summed E-state index contributed by atoms with van der Waals surface area (Å²) in [6.45, 7) is 10.4. The summed E-state index contributed by atoms with van der Waals surface area (Å²) >= 11 is 0. The van der Waals surface area contributed by atoms with Crippen LogP contribution in [0.4, 0.5) is 17.2 Å². The number of benzene rings is 2. The summed E-state index contributed by atoms with van der Waals surface area (Å²) in [5.74, 6) is 0.899. The number of aromatic nitrogens is 4. The summed E-state index contributed by atoms with van der Waals surface area (Å²) in [5, 5.41) is 46.0. The highest BCUT2D eigenvalue weighted by Crippen LogP contribution is 2.41. The number of piperazine rings is 1. The highest BCUT2D eigenvalue weighted by atomic mass is 16.5. The minimum atomic E-state index is -0.844. The minimum absolute atomic E-state index is 0.0123. The van der Waals surface area contributed by atoms with Crippen LogP contribution in [-0.4, -0.2) is 140 Å². The monoisotopic (exact) mass is 1040 g/mol. The Labute approximate surface area is 443 Å². The fourth-order valence-electron chi connectivity index (χ4n) is 12.4. The van der Waals surface area contributed by atoms with Crippen molar-refractivity contribution in [1.29, 1.82) is 5.26 Å². The molecule has 5 aromatic rings. The highest BCUT2D eigenvalue weighted by Gasteiger charge is 2.45. The van der Waals surface area contributed by atoms with Gasteiger partial charge >= 0.3 is 0 Å². The second kappa shape index (κ2) is 21.9. The van der Waals surface area contributed by atoms with E-state index < -0.39 is 18.1 Å². The average Bonchev–Trinajstić information content (AvgIpc) is 4.11. The molecule has 19 heteroatoms. The number of fused-ring (bicyclic) bond motifs is 2. The smallest absolute Gasteiger partial charge is 0.254 e. The molecule has 400 valence electrons. The number of β-amino-alcohol motifs (C(OH)–C–C–N with tert-alkyl or cyclic N) is 1. The topological polar surface area (TPSA) is 242 Å². The number of phenols is 1. The van der Waals surface area contributed by atoms with Crippen LogP contribution in [0.5, 0.6) is 17.5 Å². The van der Waals surface area contributed by atoms with Gasteiger partial charge in [0.15, 0.2) is 11.6 Å². The van der Waals surface area contributed by atoms with Gasteiger partial charge in [-0.2, -0.15) is 5.26 Å². The molecule has 2 aromatic carbocycles. The van der Waals surface area contributed by atoms with E-state index in [0.717, 1.165) is 101 Å². The van der Waals surface area contributed by atoms with Crippen molar-refractivity contribution in [1.82, 2.24) is 35.5 Å². The van der Waals surface area contributed by atoms with Crippen LogP contribution in [0, 0.1) is 23.2 Å². The van der Waals surface area contributed by atoms with Gasteiger partial charge < -0.3 is 59.6 Å². The Morgan fingerprint density at radius 3 is 2.30 bits per heavy atom. The zero-order chi connectivity index (χ0) is 52.6. The Morgan fingerprint density at radius 2 is 1.58 bits per heavy atom. The van der Waals surface area contributed by atoms with E-state index in [1.165, 1.54) is 4.90 Å². The predicted molar refractivity (Wildman–Crippen MR) is 282 cm³/mol. The van der Waals surface area contributed by atoms with E-state index in [9.17, 15) is 19.8 Å². The first-order valence-corrected chi connectivity index (χ1v) is 27.2. The number of pyridine rings is 1. The van der Waals surface area contributed by atoms with Crippen molar-refractivity contribution in [2.24, 2.45) is 11.8 Å². The molecule has 76 heavy (non-hydrogen) atoms. The molecule has 11 rings (SSSR count). The molecular formula is C57H69N11O8. The third-order valence-electron chi connectivity index (χ3n) is 16.6. The molecule has 2 saturated carbocycles. The van der Waals surface area contributed by atoms with Gasteiger partial charge in [-0.3, -0.25) is 9.59 Å². The number of ether oxygens (including phenoxy) is 3. The zero-order valence-corrected chi connectivity index (χ0v) is 43.5. The van der Waals surface area contributed by atoms with E-state index in [1.54, 1.807) is 42.5 Å². The molecule has 2 aliphatic carbocycles. The molecule has 6 fully saturated rings. The number of para-hydroxylation sites is 1. The van der Waals surface area contributed by atoms with Crippen LogP contribution in [0.15, 0.2) is 83.5 Å². The maximum Gasteiger partial charge on any atom is 0.254 e. The molecule has 0 spiro atoms. The molecule has 5 N–H and O–H groups in total. The van der Waals surface area contributed by atoms with Crippen LogP contribution < -0.4 is 30.3 Å². The molecule has 4 saturated heterocycles. The molecule has 0 radical (unpaired) electrons. The number of phenolic OH excluding ortho intramolecular Hbond substituents is 1. The van der Waals surface area contributed by atoms with Crippen LogP contribution in [0.2, 0.25) is 0 Å². The fourth-order valence-corrected chi connectivity index (χ4v) is 12.4. The number of aromatic hydroxyl groups is 1. The number of amides is 2. The molecule has 2 bridgehead atoms. The quantitative estimate of drug-likeness (QED) is 0.0791. The highest BCUT2D eigenvalue weighted by molar-refractivity contribution is 5.91. The van der Waals surface area contributed by atoms with Crippen molar-refractivity contribution in [2.45, 2.75) is 139 Å². The zero-order valence-electron chi connectivity index (χ0n) is 43.5. The van der Waals surface area contributed by atoms with Crippen LogP contribution in [0.1, 0.15) is 107 Å². The number of nitrogen functional groups attached to an aromatic ring is 1. The lowest BCUT2D eigenvalue weighted by atomic mass is 9.81. The van der Waals surface area contributed by atoms with E-state index in [1.807, 2.05) is 45.2 Å². The average molecular weight is 1040 g/mol. The standard InChI is InChI=1S/C57H69N11O8/c1-33(2)54(57(72)67-32-41(69)23-49(67)56(71)61-34(3)37-10-8-35(28-58)9-11-37)51-27-53(64-76-51)75-43-20-36(21-43)29-65-18-15-42(16-19-65)73-44-24-45(25-44)74-52-22-38(14-17-60-52)68-39-12-13-40(68)31-66(30-39)48-26-47(62-63-55(48)59)46-6-4-5-7-50(46)70/h4-11,14,17,22,26-27,33-34,36,39-45,49,54,69-70H,12-13,15-16,18-21,23-25,29-32H2,1-3H3,(H2,59,63)(H,61,71)/t34-,36?,39?,40?,41+,43?,44?,45?,49-,54+/m0/s1. The first kappa shape index (κ1) is 51.1. The van der Waals surface area contributed by atoms with Crippen molar-refractivity contribution in [2.75, 3.05) is 54.8 Å². The number of likely N-dealkylation sites (tertiary alicyclic amines) is 2. The van der Waals surface area contributed by atoms with Crippen LogP contribution in [0.25, 0.3) is 11.3 Å². The Hall–Kier alpha value is -7.01. The van der Waals surface area contributed by atoms with Crippen molar-refractivity contribution < 1.29 is 38.5 Å². The van der Waals surface area contributed by atoms with Crippen LogP contribution in [0.3, 0.4) is 0 Å². The predicted octanol–water partition coefficient (Wildman–Crippen LogP) is 6.37. The van der Waals surface area contributed by atoms with Crippen molar-refractivity contribution >= 4 is 29.0 Å². The Bertz CT molecular complexity index is 2880. The van der Waals surface area contributed by atoms with E-state index in [0.29, 0.717) is 58.2 Å². The third kappa shape index (κ3) is 11.0. The summed E-state index contributed by atoms with van der Waals surface area (Å²) in [6.07, 6.45) is 9.38. The number of anilines is 3. The Morgan fingerprint density at radius 1 is 0.855 bits per heavy atom. The number of nitriles is 1. The van der Waals surface area contributed by atoms with Crippen molar-refractivity contribution in [3.63, 3.8) is 0 Å². The van der Waals surface area contributed by atoms with Gasteiger partial charge in [0.25, 0.3) is 5.88 Å². The Kier molecular flexibility index (Phi) is 14.7. The van der Waals surface area contributed by atoms with Gasteiger partial charge in [-0.25, -0.2) is 4.98 Å². The number of aliphatic hydroxyl groups excluding tert-OH is 1. The summed E-state index contributed by atoms with van der Waals surface area (Å²) < 4.78 is 25.0. The van der Waals surface area contributed by atoms with Crippen LogP contribution >= 0.6 is 0 Å². The number of carbonyl (C=O) groups is 2. The van der Waals surface area contributed by atoms with Gasteiger partial charge in [0.2, 0.25) is 17.7 Å². The van der Waals surface area contributed by atoms with Gasteiger partial charge in [-0.1, -0.05) is 38.1 Å². The largest absolute Gasteiger partial charge is 0.507 e. The first-order chi connectivity index (χ1) is 36.8. The molecule has 19 nitrogen and oxygen atoms in total. The summed E-state index contributed by atoms with van der Waals surface area (Å²) in [4.78, 5) is 41.2. The number of aliphatic hydroxyl groups is 1. The van der Waals surface area contributed by atoms with Gasteiger partial charge in [0, 0.05) is 100 Å². The van der Waals surface area contributed by atoms with E-state index in [4.69, 9.17) is 29.7 Å². The van der Waals surface area contributed by atoms with Crippen molar-refractivity contribution in [3.8, 4) is 34.8 Å². The maximum absolute atomic E-state index is 14.2. The number of nitrogens with two attached hydrogens (primary N) is 1. The molecule has 6 aliphatic rings. The molecular weight excluding hydrogens is 967 g/mol. The van der Waals surface area contributed by atoms with Gasteiger partial charge in [0.05, 0.1) is 47.4 Å². The normalized spacial score (nSPS) is 26.3. The molecule has 4 aliphatic heterocycles. The number of hydrogen-bond acceptors (Lipinski definition) is 17. The van der Waals surface area contributed by atoms with E-state index in [2.05, 4.69) is 58.6 Å². The van der Waals surface area contributed by atoms with Crippen molar-refractivity contribution in [3.05, 3.63) is 95.9 Å². The van der Waals surface area contributed by atoms with Gasteiger partial charge in [0.1, 0.15) is 29.9 Å². The lowest BCUT2D eigenvalue weighted by Gasteiger charge is -2.43. The number of piperidine rings is 1. The Balaban J connectivity index is 0.590. The van der Waals surface area contributed by atoms with Gasteiger partial charge in [-0.15, -0.1) is 10.2 Å².